The van der Waals surface area contributed by atoms with Crippen LogP contribution in [0.25, 0.3) is 0 Å². The lowest BCUT2D eigenvalue weighted by Gasteiger charge is -2.42. The van der Waals surface area contributed by atoms with Crippen LogP contribution in [0.15, 0.2) is 0 Å². The molecule has 3 nitrogen and oxygen atoms in total. The zero-order valence-electron chi connectivity index (χ0n) is 12.9. The number of piperidine rings is 1. The van der Waals surface area contributed by atoms with Crippen molar-refractivity contribution in [2.75, 3.05) is 33.2 Å². The molecule has 1 aliphatic rings. The molecule has 1 rings (SSSR count). The summed E-state index contributed by atoms with van der Waals surface area (Å²) in [6.45, 7) is 11.4. The molecule has 1 heterocycles. The van der Waals surface area contributed by atoms with Crippen LogP contribution in [0.5, 0.6) is 0 Å². The molecule has 0 aromatic heterocycles. The van der Waals surface area contributed by atoms with E-state index in [1.54, 1.807) is 0 Å². The van der Waals surface area contributed by atoms with Gasteiger partial charge in [0.05, 0.1) is 0 Å². The molecule has 0 bridgehead atoms. The number of hydrogen-bond donors (Lipinski definition) is 1. The molecule has 0 amide bonds. The van der Waals surface area contributed by atoms with E-state index in [1.165, 1.54) is 45.3 Å². The Bertz CT molecular complexity index is 212. The van der Waals surface area contributed by atoms with Crippen LogP contribution in [0.2, 0.25) is 0 Å². The first-order valence-corrected chi connectivity index (χ1v) is 7.78. The van der Waals surface area contributed by atoms with E-state index in [-0.39, 0.29) is 0 Å². The van der Waals surface area contributed by atoms with Crippen molar-refractivity contribution in [2.24, 2.45) is 11.7 Å². The van der Waals surface area contributed by atoms with E-state index >= 15 is 0 Å². The lowest BCUT2D eigenvalue weighted by molar-refractivity contribution is 0.0771. The molecule has 0 aromatic carbocycles. The molecule has 0 saturated carbocycles. The summed E-state index contributed by atoms with van der Waals surface area (Å²) in [4.78, 5) is 5.13. The second-order valence-electron chi connectivity index (χ2n) is 5.90. The third-order valence-electron chi connectivity index (χ3n) is 4.75. The SMILES string of the molecule is CCCC(C)C(CN)N(C)C1CCN(CC)CC1. The Morgan fingerprint density at radius 2 is 1.89 bits per heavy atom. The fourth-order valence-electron chi connectivity index (χ4n) is 3.36. The summed E-state index contributed by atoms with van der Waals surface area (Å²) < 4.78 is 0. The van der Waals surface area contributed by atoms with E-state index in [1.807, 2.05) is 0 Å². The molecular weight excluding hydrogens is 222 g/mol. The fraction of sp³-hybridized carbons (Fsp3) is 1.00. The van der Waals surface area contributed by atoms with E-state index in [4.69, 9.17) is 5.73 Å². The predicted octanol–water partition coefficient (Wildman–Crippen LogP) is 2.17. The highest BCUT2D eigenvalue weighted by Gasteiger charge is 2.28. The molecule has 2 N–H and O–H groups in total. The first-order valence-electron chi connectivity index (χ1n) is 7.78. The van der Waals surface area contributed by atoms with Crippen molar-refractivity contribution in [3.05, 3.63) is 0 Å². The second kappa shape index (κ2) is 8.13. The maximum absolute atomic E-state index is 6.01. The summed E-state index contributed by atoms with van der Waals surface area (Å²) in [6, 6.07) is 1.30. The smallest absolute Gasteiger partial charge is 0.0243 e. The fourth-order valence-corrected chi connectivity index (χ4v) is 3.36. The molecule has 1 aliphatic heterocycles. The Morgan fingerprint density at radius 3 is 2.33 bits per heavy atom. The quantitative estimate of drug-likeness (QED) is 0.757. The molecule has 2 unspecified atom stereocenters. The van der Waals surface area contributed by atoms with Crippen LogP contribution < -0.4 is 5.73 Å². The summed E-state index contributed by atoms with van der Waals surface area (Å²) >= 11 is 0. The van der Waals surface area contributed by atoms with Crippen molar-refractivity contribution < 1.29 is 0 Å². The number of nitrogens with zero attached hydrogens (tertiary/aromatic N) is 2. The van der Waals surface area contributed by atoms with Crippen LogP contribution in [-0.4, -0.2) is 55.1 Å². The van der Waals surface area contributed by atoms with Gasteiger partial charge in [-0.1, -0.05) is 27.2 Å². The van der Waals surface area contributed by atoms with Gasteiger partial charge < -0.3 is 10.6 Å². The van der Waals surface area contributed by atoms with Gasteiger partial charge in [-0.2, -0.15) is 0 Å². The van der Waals surface area contributed by atoms with Gasteiger partial charge in [-0.25, -0.2) is 0 Å². The average molecular weight is 255 g/mol. The van der Waals surface area contributed by atoms with Crippen LogP contribution in [0.3, 0.4) is 0 Å². The molecule has 108 valence electrons. The number of likely N-dealkylation sites (N-methyl/N-ethyl adjacent to an activating group) is 1. The summed E-state index contributed by atoms with van der Waals surface area (Å²) in [5, 5.41) is 0. The van der Waals surface area contributed by atoms with Gasteiger partial charge in [0.1, 0.15) is 0 Å². The zero-order chi connectivity index (χ0) is 13.5. The third-order valence-corrected chi connectivity index (χ3v) is 4.75. The molecule has 0 radical (unpaired) electrons. The molecule has 1 fully saturated rings. The highest BCUT2D eigenvalue weighted by Crippen LogP contribution is 2.22. The predicted molar refractivity (Wildman–Crippen MR) is 79.8 cm³/mol. The van der Waals surface area contributed by atoms with Crippen molar-refractivity contribution in [3.8, 4) is 0 Å². The maximum atomic E-state index is 6.01. The third kappa shape index (κ3) is 4.22. The minimum absolute atomic E-state index is 0.558. The van der Waals surface area contributed by atoms with Crippen molar-refractivity contribution in [1.29, 1.82) is 0 Å². The lowest BCUT2D eigenvalue weighted by Crippen LogP contribution is -2.51. The highest BCUT2D eigenvalue weighted by molar-refractivity contribution is 4.84. The molecule has 0 aliphatic carbocycles. The first-order chi connectivity index (χ1) is 8.63. The standard InChI is InChI=1S/C15H33N3/c1-5-7-13(3)15(12-16)17(4)14-8-10-18(6-2)11-9-14/h13-15H,5-12,16H2,1-4H3. The molecular formula is C15H33N3. The van der Waals surface area contributed by atoms with Crippen molar-refractivity contribution in [1.82, 2.24) is 9.80 Å². The maximum Gasteiger partial charge on any atom is 0.0243 e. The van der Waals surface area contributed by atoms with Gasteiger partial charge in [-0.05, 0) is 51.9 Å². The van der Waals surface area contributed by atoms with Crippen LogP contribution in [0.1, 0.15) is 46.5 Å². The topological polar surface area (TPSA) is 32.5 Å². The normalized spacial score (nSPS) is 22.3. The molecule has 0 spiro atoms. The number of rotatable bonds is 7. The van der Waals surface area contributed by atoms with E-state index in [9.17, 15) is 0 Å². The van der Waals surface area contributed by atoms with Crippen LogP contribution >= 0.6 is 0 Å². The first kappa shape index (κ1) is 15.9. The van der Waals surface area contributed by atoms with Crippen molar-refractivity contribution in [3.63, 3.8) is 0 Å². The summed E-state index contributed by atoms with van der Waals surface area (Å²) in [5.74, 6) is 0.717. The van der Waals surface area contributed by atoms with Crippen molar-refractivity contribution in [2.45, 2.75) is 58.5 Å². The zero-order valence-corrected chi connectivity index (χ0v) is 12.9. The van der Waals surface area contributed by atoms with E-state index < -0.39 is 0 Å². The van der Waals surface area contributed by atoms with Crippen LogP contribution in [-0.2, 0) is 0 Å². The Morgan fingerprint density at radius 1 is 1.28 bits per heavy atom. The molecule has 3 heteroatoms. The monoisotopic (exact) mass is 255 g/mol. The van der Waals surface area contributed by atoms with Crippen LogP contribution in [0.4, 0.5) is 0 Å². The largest absolute Gasteiger partial charge is 0.329 e. The average Bonchev–Trinajstić information content (AvgIpc) is 2.40. The molecule has 2 atom stereocenters. The highest BCUT2D eigenvalue weighted by atomic mass is 15.2. The minimum atomic E-state index is 0.558. The second-order valence-corrected chi connectivity index (χ2v) is 5.90. The Balaban J connectivity index is 2.48. The van der Waals surface area contributed by atoms with Gasteiger partial charge in [0.15, 0.2) is 0 Å². The number of hydrogen-bond acceptors (Lipinski definition) is 3. The van der Waals surface area contributed by atoms with Gasteiger partial charge >= 0.3 is 0 Å². The van der Waals surface area contributed by atoms with Gasteiger partial charge in [-0.15, -0.1) is 0 Å². The lowest BCUT2D eigenvalue weighted by atomic mass is 9.92. The molecule has 18 heavy (non-hydrogen) atoms. The minimum Gasteiger partial charge on any atom is -0.329 e. The summed E-state index contributed by atoms with van der Waals surface area (Å²) in [5.41, 5.74) is 6.01. The van der Waals surface area contributed by atoms with Gasteiger partial charge in [0.25, 0.3) is 0 Å². The Kier molecular flexibility index (Phi) is 7.20. The number of nitrogens with two attached hydrogens (primary N) is 1. The van der Waals surface area contributed by atoms with E-state index in [0.29, 0.717) is 12.0 Å². The van der Waals surface area contributed by atoms with Gasteiger partial charge in [0, 0.05) is 18.6 Å². The summed E-state index contributed by atoms with van der Waals surface area (Å²) in [6.07, 6.45) is 5.17. The van der Waals surface area contributed by atoms with Crippen LogP contribution in [0, 0.1) is 5.92 Å². The van der Waals surface area contributed by atoms with Gasteiger partial charge in [0.2, 0.25) is 0 Å². The molecule has 1 saturated heterocycles. The Labute approximate surface area is 114 Å². The van der Waals surface area contributed by atoms with E-state index in [2.05, 4.69) is 37.6 Å². The number of likely N-dealkylation sites (tertiary alicyclic amines) is 1. The van der Waals surface area contributed by atoms with E-state index in [0.717, 1.165) is 12.6 Å². The van der Waals surface area contributed by atoms with Crippen molar-refractivity contribution >= 4 is 0 Å². The van der Waals surface area contributed by atoms with Gasteiger partial charge in [-0.3, -0.25) is 4.90 Å². The Hall–Kier alpha value is -0.120. The summed E-state index contributed by atoms with van der Waals surface area (Å²) in [7, 11) is 2.29. The molecule has 0 aromatic rings.